The molecule has 0 atom stereocenters. The van der Waals surface area contributed by atoms with Crippen LogP contribution in [0.25, 0.3) is 0 Å². The molecular weight excluding hydrogens is 208 g/mol. The van der Waals surface area contributed by atoms with Crippen LogP contribution in [0.15, 0.2) is 0 Å². The average Bonchev–Trinajstić information content (AvgIpc) is 2.27. The van der Waals surface area contributed by atoms with Crippen LogP contribution in [0.1, 0.15) is 60.3 Å². The fraction of sp³-hybridized carbons (Fsp3) is 1.00. The van der Waals surface area contributed by atoms with Gasteiger partial charge in [-0.15, -0.1) is 0 Å². The molecule has 0 amide bonds. The Balaban J connectivity index is 2.74. The minimum absolute atomic E-state index is 0.286. The molecule has 0 radical (unpaired) electrons. The summed E-state index contributed by atoms with van der Waals surface area (Å²) in [6.45, 7) is 14.8. The van der Waals surface area contributed by atoms with Crippen LogP contribution in [0.3, 0.4) is 0 Å². The van der Waals surface area contributed by atoms with Crippen LogP contribution in [0.2, 0.25) is 0 Å². The normalized spacial score (nSPS) is 23.3. The zero-order valence-electron chi connectivity index (χ0n) is 12.6. The molecule has 0 heterocycles. The van der Waals surface area contributed by atoms with Crippen LogP contribution in [0, 0.1) is 11.3 Å². The van der Waals surface area contributed by atoms with Gasteiger partial charge in [0.2, 0.25) is 0 Å². The van der Waals surface area contributed by atoms with E-state index in [4.69, 9.17) is 5.73 Å². The first-order valence-electron chi connectivity index (χ1n) is 7.30. The van der Waals surface area contributed by atoms with E-state index in [9.17, 15) is 0 Å². The maximum Gasteiger partial charge on any atom is 0.0332 e. The fourth-order valence-corrected chi connectivity index (χ4v) is 3.14. The molecule has 0 aromatic rings. The van der Waals surface area contributed by atoms with E-state index >= 15 is 0 Å². The summed E-state index contributed by atoms with van der Waals surface area (Å²) >= 11 is 0. The summed E-state index contributed by atoms with van der Waals surface area (Å²) in [5.74, 6) is 0.730. The maximum absolute atomic E-state index is 6.14. The van der Waals surface area contributed by atoms with Crippen molar-refractivity contribution in [2.75, 3.05) is 19.6 Å². The third-order valence-electron chi connectivity index (χ3n) is 4.55. The molecule has 1 fully saturated rings. The summed E-state index contributed by atoms with van der Waals surface area (Å²) in [4.78, 5) is 2.65. The standard InChI is InChI=1S/C15H32N2/c1-6-17(11-13(2)3)15(12-16)9-7-14(4,5)8-10-15/h13H,6-12,16H2,1-5H3. The van der Waals surface area contributed by atoms with Crippen molar-refractivity contribution in [3.05, 3.63) is 0 Å². The number of likely N-dealkylation sites (N-methyl/N-ethyl adjacent to an activating group) is 1. The van der Waals surface area contributed by atoms with E-state index in [0.29, 0.717) is 5.41 Å². The lowest BCUT2D eigenvalue weighted by molar-refractivity contribution is 0.0190. The van der Waals surface area contributed by atoms with Gasteiger partial charge in [0.25, 0.3) is 0 Å². The van der Waals surface area contributed by atoms with Gasteiger partial charge in [-0.1, -0.05) is 34.6 Å². The summed E-state index contributed by atoms with van der Waals surface area (Å²) in [7, 11) is 0. The third-order valence-corrected chi connectivity index (χ3v) is 4.55. The van der Waals surface area contributed by atoms with Gasteiger partial charge in [0, 0.05) is 18.6 Å². The quantitative estimate of drug-likeness (QED) is 0.799. The molecule has 0 unspecified atom stereocenters. The van der Waals surface area contributed by atoms with Gasteiger partial charge in [-0.05, 0) is 43.6 Å². The van der Waals surface area contributed by atoms with E-state index in [-0.39, 0.29) is 5.54 Å². The van der Waals surface area contributed by atoms with Crippen LogP contribution in [0.5, 0.6) is 0 Å². The van der Waals surface area contributed by atoms with Crippen molar-refractivity contribution in [3.63, 3.8) is 0 Å². The van der Waals surface area contributed by atoms with Gasteiger partial charge < -0.3 is 5.73 Å². The van der Waals surface area contributed by atoms with Crippen LogP contribution >= 0.6 is 0 Å². The van der Waals surface area contributed by atoms with Gasteiger partial charge in [-0.2, -0.15) is 0 Å². The van der Waals surface area contributed by atoms with Crippen LogP contribution in [-0.4, -0.2) is 30.1 Å². The number of hydrogen-bond acceptors (Lipinski definition) is 2. The Morgan fingerprint density at radius 1 is 1.12 bits per heavy atom. The van der Waals surface area contributed by atoms with Crippen molar-refractivity contribution < 1.29 is 0 Å². The van der Waals surface area contributed by atoms with E-state index in [1.54, 1.807) is 0 Å². The van der Waals surface area contributed by atoms with Crippen molar-refractivity contribution in [2.24, 2.45) is 17.1 Å². The maximum atomic E-state index is 6.14. The molecule has 0 aliphatic heterocycles. The molecule has 2 heteroatoms. The first-order chi connectivity index (χ1) is 7.85. The monoisotopic (exact) mass is 240 g/mol. The molecule has 0 aromatic carbocycles. The summed E-state index contributed by atoms with van der Waals surface area (Å²) in [6, 6.07) is 0. The Bertz CT molecular complexity index is 223. The zero-order valence-corrected chi connectivity index (χ0v) is 12.6. The Morgan fingerprint density at radius 3 is 2.00 bits per heavy atom. The number of rotatable bonds is 5. The molecule has 1 aliphatic rings. The van der Waals surface area contributed by atoms with Crippen LogP contribution < -0.4 is 5.73 Å². The second-order valence-electron chi connectivity index (χ2n) is 7.03. The number of nitrogens with zero attached hydrogens (tertiary/aromatic N) is 1. The highest BCUT2D eigenvalue weighted by molar-refractivity contribution is 4.97. The smallest absolute Gasteiger partial charge is 0.0332 e. The van der Waals surface area contributed by atoms with Crippen molar-refractivity contribution in [1.29, 1.82) is 0 Å². The Hall–Kier alpha value is -0.0800. The predicted octanol–water partition coefficient (Wildman–Crippen LogP) is 3.26. The number of hydrogen-bond donors (Lipinski definition) is 1. The van der Waals surface area contributed by atoms with Gasteiger partial charge in [0.05, 0.1) is 0 Å². The molecule has 2 nitrogen and oxygen atoms in total. The molecule has 0 spiro atoms. The lowest BCUT2D eigenvalue weighted by atomic mass is 9.68. The minimum Gasteiger partial charge on any atom is -0.329 e. The molecule has 0 bridgehead atoms. The predicted molar refractivity (Wildman–Crippen MR) is 76.1 cm³/mol. The first kappa shape index (κ1) is 15.0. The van der Waals surface area contributed by atoms with Gasteiger partial charge in [0.1, 0.15) is 0 Å². The molecule has 17 heavy (non-hydrogen) atoms. The largest absolute Gasteiger partial charge is 0.329 e. The lowest BCUT2D eigenvalue weighted by Gasteiger charge is -2.50. The van der Waals surface area contributed by atoms with Crippen molar-refractivity contribution in [3.8, 4) is 0 Å². The van der Waals surface area contributed by atoms with E-state index in [2.05, 4.69) is 39.5 Å². The molecule has 1 aliphatic carbocycles. The Labute approximate surface area is 108 Å². The summed E-state index contributed by atoms with van der Waals surface area (Å²) < 4.78 is 0. The Morgan fingerprint density at radius 2 is 1.65 bits per heavy atom. The lowest BCUT2D eigenvalue weighted by Crippen LogP contribution is -2.57. The minimum atomic E-state index is 0.286. The highest BCUT2D eigenvalue weighted by Gasteiger charge is 2.40. The van der Waals surface area contributed by atoms with Gasteiger partial charge >= 0.3 is 0 Å². The van der Waals surface area contributed by atoms with E-state index in [1.807, 2.05) is 0 Å². The number of nitrogens with two attached hydrogens (primary N) is 1. The summed E-state index contributed by atoms with van der Waals surface area (Å²) in [6.07, 6.45) is 5.19. The first-order valence-corrected chi connectivity index (χ1v) is 7.30. The highest BCUT2D eigenvalue weighted by Crippen LogP contribution is 2.42. The fourth-order valence-electron chi connectivity index (χ4n) is 3.14. The SMILES string of the molecule is CCN(CC(C)C)C1(CN)CCC(C)(C)CC1. The molecular formula is C15H32N2. The molecule has 102 valence electrons. The van der Waals surface area contributed by atoms with E-state index in [0.717, 1.165) is 19.0 Å². The van der Waals surface area contributed by atoms with Crippen molar-refractivity contribution >= 4 is 0 Å². The highest BCUT2D eigenvalue weighted by atomic mass is 15.2. The molecule has 1 rings (SSSR count). The van der Waals surface area contributed by atoms with Crippen LogP contribution in [0.4, 0.5) is 0 Å². The van der Waals surface area contributed by atoms with E-state index < -0.39 is 0 Å². The third kappa shape index (κ3) is 3.69. The van der Waals surface area contributed by atoms with Gasteiger partial charge in [-0.25, -0.2) is 0 Å². The Kier molecular flexibility index (Phi) is 5.03. The summed E-state index contributed by atoms with van der Waals surface area (Å²) in [5.41, 5.74) is 6.95. The molecule has 0 aromatic heterocycles. The molecule has 0 saturated heterocycles. The molecule has 1 saturated carbocycles. The van der Waals surface area contributed by atoms with Crippen LogP contribution in [-0.2, 0) is 0 Å². The second kappa shape index (κ2) is 5.71. The summed E-state index contributed by atoms with van der Waals surface area (Å²) in [5, 5.41) is 0. The van der Waals surface area contributed by atoms with Crippen molar-refractivity contribution in [1.82, 2.24) is 4.90 Å². The molecule has 2 N–H and O–H groups in total. The van der Waals surface area contributed by atoms with E-state index in [1.165, 1.54) is 32.2 Å². The van der Waals surface area contributed by atoms with Gasteiger partial charge in [0.15, 0.2) is 0 Å². The average molecular weight is 240 g/mol. The van der Waals surface area contributed by atoms with Crippen molar-refractivity contribution in [2.45, 2.75) is 65.8 Å². The zero-order chi connectivity index (χ0) is 13.1. The second-order valence-corrected chi connectivity index (χ2v) is 7.03. The topological polar surface area (TPSA) is 29.3 Å². The van der Waals surface area contributed by atoms with Gasteiger partial charge in [-0.3, -0.25) is 4.90 Å².